The lowest BCUT2D eigenvalue weighted by Crippen LogP contribution is -2.16. The van der Waals surface area contributed by atoms with E-state index in [1.807, 2.05) is 7.05 Å². The predicted octanol–water partition coefficient (Wildman–Crippen LogP) is 3.64. The zero-order valence-corrected chi connectivity index (χ0v) is 14.6. The van der Waals surface area contributed by atoms with E-state index < -0.39 is 0 Å². The minimum atomic E-state index is 0.387. The number of ether oxygens (including phenoxy) is 1. The maximum absolute atomic E-state index is 5.46. The summed E-state index contributed by atoms with van der Waals surface area (Å²) in [4.78, 5) is 1.31. The van der Waals surface area contributed by atoms with Crippen LogP contribution in [0.4, 0.5) is 5.69 Å². The zero-order chi connectivity index (χ0) is 16.2. The van der Waals surface area contributed by atoms with Crippen molar-refractivity contribution in [2.45, 2.75) is 36.8 Å². The van der Waals surface area contributed by atoms with Gasteiger partial charge in [0.15, 0.2) is 0 Å². The second-order valence-electron chi connectivity index (χ2n) is 6.12. The van der Waals surface area contributed by atoms with E-state index in [1.165, 1.54) is 16.0 Å². The van der Waals surface area contributed by atoms with Crippen molar-refractivity contribution in [2.24, 2.45) is 5.92 Å². The summed E-state index contributed by atoms with van der Waals surface area (Å²) < 4.78 is 8.75. The molecule has 3 rings (SSSR count). The molecule has 23 heavy (non-hydrogen) atoms. The highest BCUT2D eigenvalue weighted by Crippen LogP contribution is 2.33. The van der Waals surface area contributed by atoms with Crippen LogP contribution in [-0.4, -0.2) is 20.3 Å². The van der Waals surface area contributed by atoms with Gasteiger partial charge in [-0.3, -0.25) is 4.72 Å². The molecule has 1 saturated carbocycles. The highest BCUT2D eigenvalue weighted by molar-refractivity contribution is 7.97. The summed E-state index contributed by atoms with van der Waals surface area (Å²) in [6, 6.07) is 6.47. The van der Waals surface area contributed by atoms with Gasteiger partial charge in [-0.2, -0.15) is 0 Å². The molecule has 1 aliphatic carbocycles. The quantitative estimate of drug-likeness (QED) is 0.549. The van der Waals surface area contributed by atoms with Gasteiger partial charge in [-0.25, -0.2) is 0 Å². The lowest BCUT2D eigenvalue weighted by Gasteiger charge is -2.15. The van der Waals surface area contributed by atoms with Gasteiger partial charge in [-0.1, -0.05) is 6.58 Å². The second kappa shape index (κ2) is 7.43. The molecule has 4 nitrogen and oxygen atoms in total. The molecule has 1 heterocycles. The molecular weight excluding hydrogens is 306 g/mol. The van der Waals surface area contributed by atoms with Crippen LogP contribution in [0.1, 0.15) is 24.8 Å². The van der Waals surface area contributed by atoms with Crippen molar-refractivity contribution in [3.05, 3.63) is 47.8 Å². The molecule has 124 valence electrons. The van der Waals surface area contributed by atoms with Crippen LogP contribution in [0.15, 0.2) is 47.1 Å². The Hall–Kier alpha value is -1.43. The molecule has 0 aromatic heterocycles. The van der Waals surface area contributed by atoms with Crippen LogP contribution in [0, 0.1) is 5.92 Å². The highest BCUT2D eigenvalue weighted by Gasteiger charge is 2.25. The van der Waals surface area contributed by atoms with E-state index in [4.69, 9.17) is 4.74 Å². The SMILES string of the molecule is C=C(/C=C(\NC)Nc1ccc2c(c1)CNS2)C1CCC(OC)C1. The molecule has 1 fully saturated rings. The number of allylic oxidation sites excluding steroid dienone is 2. The molecule has 0 bridgehead atoms. The minimum Gasteiger partial charge on any atom is -0.381 e. The number of hydrogen-bond donors (Lipinski definition) is 3. The van der Waals surface area contributed by atoms with Gasteiger partial charge >= 0.3 is 0 Å². The van der Waals surface area contributed by atoms with Crippen molar-refractivity contribution in [2.75, 3.05) is 19.5 Å². The first-order chi connectivity index (χ1) is 11.2. The Morgan fingerprint density at radius 2 is 2.30 bits per heavy atom. The van der Waals surface area contributed by atoms with Gasteiger partial charge in [0, 0.05) is 31.3 Å². The molecule has 0 radical (unpaired) electrons. The van der Waals surface area contributed by atoms with Crippen LogP contribution < -0.4 is 15.4 Å². The Balaban J connectivity index is 1.66. The molecule has 1 aliphatic heterocycles. The van der Waals surface area contributed by atoms with Gasteiger partial charge in [0.05, 0.1) is 6.10 Å². The van der Waals surface area contributed by atoms with Gasteiger partial charge in [-0.15, -0.1) is 0 Å². The molecule has 2 aliphatic rings. The third-order valence-electron chi connectivity index (χ3n) is 4.63. The van der Waals surface area contributed by atoms with Crippen LogP contribution in [0.3, 0.4) is 0 Å². The predicted molar refractivity (Wildman–Crippen MR) is 97.2 cm³/mol. The lowest BCUT2D eigenvalue weighted by atomic mass is 9.98. The minimum absolute atomic E-state index is 0.387. The molecule has 2 atom stereocenters. The molecule has 5 heteroatoms. The smallest absolute Gasteiger partial charge is 0.103 e. The topological polar surface area (TPSA) is 45.3 Å². The van der Waals surface area contributed by atoms with E-state index in [2.05, 4.69) is 46.2 Å². The van der Waals surface area contributed by atoms with Crippen molar-refractivity contribution < 1.29 is 4.74 Å². The van der Waals surface area contributed by atoms with Crippen LogP contribution in [-0.2, 0) is 11.3 Å². The first-order valence-electron chi connectivity index (χ1n) is 8.10. The monoisotopic (exact) mass is 331 g/mol. The maximum atomic E-state index is 5.46. The Morgan fingerprint density at radius 3 is 3.04 bits per heavy atom. The summed E-state index contributed by atoms with van der Waals surface area (Å²) in [5, 5.41) is 6.69. The summed E-state index contributed by atoms with van der Waals surface area (Å²) in [5.74, 6) is 1.50. The molecule has 1 aromatic rings. The standard InChI is InChI=1S/C18H25N3OS/c1-12(13-4-6-16(10-13)22-3)8-18(19-2)21-15-5-7-17-14(9-15)11-20-23-17/h5,7-9,13,16,19-21H,1,4,6,10-11H2,2-3H3/b18-8+. The average Bonchev–Trinajstić information content (AvgIpc) is 3.22. The van der Waals surface area contributed by atoms with E-state index in [-0.39, 0.29) is 0 Å². The molecule has 1 aromatic carbocycles. The fourth-order valence-corrected chi connectivity index (χ4v) is 3.99. The zero-order valence-electron chi connectivity index (χ0n) is 13.8. The van der Waals surface area contributed by atoms with E-state index in [0.29, 0.717) is 12.0 Å². The first kappa shape index (κ1) is 16.4. The number of hydrogen-bond acceptors (Lipinski definition) is 5. The first-order valence-corrected chi connectivity index (χ1v) is 8.92. The molecule has 3 N–H and O–H groups in total. The van der Waals surface area contributed by atoms with Crippen molar-refractivity contribution in [1.82, 2.24) is 10.0 Å². The molecule has 2 unspecified atom stereocenters. The van der Waals surface area contributed by atoms with Crippen LogP contribution in [0.25, 0.3) is 0 Å². The Bertz CT molecular complexity index is 614. The molecule has 0 amide bonds. The van der Waals surface area contributed by atoms with Crippen LogP contribution >= 0.6 is 11.9 Å². The van der Waals surface area contributed by atoms with Crippen molar-refractivity contribution >= 4 is 17.6 Å². The van der Waals surface area contributed by atoms with Gasteiger partial charge in [0.1, 0.15) is 5.82 Å². The van der Waals surface area contributed by atoms with E-state index >= 15 is 0 Å². The Morgan fingerprint density at radius 1 is 1.43 bits per heavy atom. The summed E-state index contributed by atoms with van der Waals surface area (Å²) in [6.45, 7) is 5.19. The fourth-order valence-electron chi connectivity index (χ4n) is 3.21. The van der Waals surface area contributed by atoms with Gasteiger partial charge in [-0.05, 0) is 72.5 Å². The molecule has 0 saturated heterocycles. The van der Waals surface area contributed by atoms with Gasteiger partial charge < -0.3 is 15.4 Å². The van der Waals surface area contributed by atoms with Crippen molar-refractivity contribution in [1.29, 1.82) is 0 Å². The fraction of sp³-hybridized carbons (Fsp3) is 0.444. The lowest BCUT2D eigenvalue weighted by molar-refractivity contribution is 0.107. The number of nitrogens with one attached hydrogen (secondary N) is 3. The van der Waals surface area contributed by atoms with E-state index in [0.717, 1.165) is 37.3 Å². The summed E-state index contributed by atoms with van der Waals surface area (Å²) in [6.07, 6.45) is 5.88. The van der Waals surface area contributed by atoms with Crippen LogP contribution in [0.2, 0.25) is 0 Å². The average molecular weight is 331 g/mol. The second-order valence-corrected chi connectivity index (χ2v) is 7.05. The summed E-state index contributed by atoms with van der Waals surface area (Å²) in [5.41, 5.74) is 3.61. The Labute approximate surface area is 142 Å². The van der Waals surface area contributed by atoms with E-state index in [1.54, 1.807) is 19.1 Å². The normalized spacial score (nSPS) is 23.7. The van der Waals surface area contributed by atoms with Crippen molar-refractivity contribution in [3.63, 3.8) is 0 Å². The van der Waals surface area contributed by atoms with Crippen molar-refractivity contribution in [3.8, 4) is 0 Å². The Kier molecular flexibility index (Phi) is 5.30. The third-order valence-corrected chi connectivity index (χ3v) is 5.53. The molecular formula is C18H25N3OS. The van der Waals surface area contributed by atoms with Gasteiger partial charge in [0.2, 0.25) is 0 Å². The largest absolute Gasteiger partial charge is 0.381 e. The number of rotatable bonds is 6. The van der Waals surface area contributed by atoms with E-state index in [9.17, 15) is 0 Å². The highest BCUT2D eigenvalue weighted by atomic mass is 32.2. The third kappa shape index (κ3) is 3.91. The summed E-state index contributed by atoms with van der Waals surface area (Å²) >= 11 is 1.70. The molecule has 0 spiro atoms. The number of benzene rings is 1. The van der Waals surface area contributed by atoms with Crippen LogP contribution in [0.5, 0.6) is 0 Å². The number of anilines is 1. The number of methoxy groups -OCH3 is 1. The van der Waals surface area contributed by atoms with Gasteiger partial charge in [0.25, 0.3) is 0 Å². The number of fused-ring (bicyclic) bond motifs is 1. The summed E-state index contributed by atoms with van der Waals surface area (Å²) in [7, 11) is 3.73. The maximum Gasteiger partial charge on any atom is 0.103 e.